The Morgan fingerprint density at radius 3 is 2.73 bits per heavy atom. The lowest BCUT2D eigenvalue weighted by Crippen LogP contribution is -2.51. The molecule has 1 aliphatic rings. The van der Waals surface area contributed by atoms with Crippen LogP contribution < -0.4 is 10.1 Å². The summed E-state index contributed by atoms with van der Waals surface area (Å²) in [6.07, 6.45) is 3.58. The topological polar surface area (TPSA) is 84.4 Å². The molecule has 0 aliphatic carbocycles. The van der Waals surface area contributed by atoms with Crippen LogP contribution in [0.15, 0.2) is 48.8 Å². The van der Waals surface area contributed by atoms with Crippen LogP contribution in [0.25, 0.3) is 11.0 Å². The van der Waals surface area contributed by atoms with E-state index in [0.717, 1.165) is 0 Å². The summed E-state index contributed by atoms with van der Waals surface area (Å²) in [5, 5.41) is 3.24. The first-order chi connectivity index (χ1) is 15.8. The van der Waals surface area contributed by atoms with Crippen LogP contribution in [0.3, 0.4) is 0 Å². The molecule has 4 rings (SSSR count). The minimum absolute atomic E-state index is 0.0374. The number of benzene rings is 2. The van der Waals surface area contributed by atoms with Crippen molar-refractivity contribution in [2.75, 3.05) is 13.1 Å². The number of likely N-dealkylation sites (tertiary alicyclic amines) is 1. The van der Waals surface area contributed by atoms with E-state index in [1.54, 1.807) is 23.1 Å². The molecule has 2 atom stereocenters. The van der Waals surface area contributed by atoms with Gasteiger partial charge in [0, 0.05) is 37.1 Å². The van der Waals surface area contributed by atoms with Crippen molar-refractivity contribution in [3.63, 3.8) is 0 Å². The van der Waals surface area contributed by atoms with Gasteiger partial charge in [-0.3, -0.25) is 19.6 Å². The first-order valence-electron chi connectivity index (χ1n) is 10.4. The van der Waals surface area contributed by atoms with Crippen molar-refractivity contribution in [3.8, 4) is 5.75 Å². The van der Waals surface area contributed by atoms with E-state index < -0.39 is 12.5 Å². The third-order valence-corrected chi connectivity index (χ3v) is 5.92. The summed E-state index contributed by atoms with van der Waals surface area (Å²) in [5.74, 6) is -0.924. The van der Waals surface area contributed by atoms with E-state index in [2.05, 4.69) is 20.0 Å². The number of hydrogen-bond donors (Lipinski definition) is 1. The van der Waals surface area contributed by atoms with E-state index in [1.165, 1.54) is 30.6 Å². The Bertz CT molecular complexity index is 1190. The first-order valence-corrected chi connectivity index (χ1v) is 10.8. The van der Waals surface area contributed by atoms with Gasteiger partial charge in [-0.05, 0) is 36.6 Å². The monoisotopic (exact) mass is 474 g/mol. The van der Waals surface area contributed by atoms with Crippen LogP contribution in [0.2, 0.25) is 5.02 Å². The zero-order valence-electron chi connectivity index (χ0n) is 17.7. The highest BCUT2D eigenvalue weighted by Crippen LogP contribution is 2.26. The van der Waals surface area contributed by atoms with Crippen molar-refractivity contribution in [1.82, 2.24) is 20.2 Å². The van der Waals surface area contributed by atoms with Crippen LogP contribution in [0.5, 0.6) is 5.75 Å². The van der Waals surface area contributed by atoms with Crippen molar-refractivity contribution < 1.29 is 23.1 Å². The number of amides is 2. The maximum atomic E-state index is 13.1. The predicted octanol–water partition coefficient (Wildman–Crippen LogP) is 4.17. The highest BCUT2D eigenvalue weighted by atomic mass is 35.5. The molecular weight excluding hydrogens is 454 g/mol. The summed E-state index contributed by atoms with van der Waals surface area (Å²) in [6.45, 7) is -0.277. The van der Waals surface area contributed by atoms with Gasteiger partial charge in [-0.25, -0.2) is 0 Å². The maximum Gasteiger partial charge on any atom is 0.387 e. The van der Waals surface area contributed by atoms with Crippen LogP contribution >= 0.6 is 11.6 Å². The fourth-order valence-electron chi connectivity index (χ4n) is 3.98. The normalized spacial score (nSPS) is 18.4. The highest BCUT2D eigenvalue weighted by molar-refractivity contribution is 6.35. The van der Waals surface area contributed by atoms with Gasteiger partial charge in [0.2, 0.25) is 0 Å². The van der Waals surface area contributed by atoms with Gasteiger partial charge in [0.05, 0.1) is 16.1 Å². The largest absolute Gasteiger partial charge is 0.434 e. The van der Waals surface area contributed by atoms with Crippen LogP contribution in [-0.4, -0.2) is 52.4 Å². The molecule has 2 amide bonds. The third-order valence-electron chi connectivity index (χ3n) is 5.63. The lowest BCUT2D eigenvalue weighted by Gasteiger charge is -2.37. The van der Waals surface area contributed by atoms with E-state index in [1.807, 2.05) is 6.92 Å². The van der Waals surface area contributed by atoms with Gasteiger partial charge in [-0.2, -0.15) is 8.78 Å². The molecule has 1 aliphatic heterocycles. The quantitative estimate of drug-likeness (QED) is 0.600. The van der Waals surface area contributed by atoms with Crippen molar-refractivity contribution in [2.45, 2.75) is 26.0 Å². The van der Waals surface area contributed by atoms with E-state index >= 15 is 0 Å². The number of hydrogen-bond acceptors (Lipinski definition) is 5. The SMILES string of the molecule is C[C@H]1CN(C(=O)c2cc(Cl)c3nccnc3c2)CC[C@H]1NC(=O)c1ccccc1OC(F)F. The van der Waals surface area contributed by atoms with Crippen molar-refractivity contribution in [1.29, 1.82) is 0 Å². The summed E-state index contributed by atoms with van der Waals surface area (Å²) in [7, 11) is 0. The molecule has 1 N–H and O–H groups in total. The minimum Gasteiger partial charge on any atom is -0.434 e. The molecule has 0 unspecified atom stereocenters. The Morgan fingerprint density at radius 2 is 1.97 bits per heavy atom. The number of ether oxygens (including phenoxy) is 1. The molecule has 0 bridgehead atoms. The fourth-order valence-corrected chi connectivity index (χ4v) is 4.25. The Balaban J connectivity index is 1.43. The first kappa shape index (κ1) is 22.8. The average Bonchev–Trinajstić information content (AvgIpc) is 2.79. The lowest BCUT2D eigenvalue weighted by molar-refractivity contribution is -0.0501. The lowest BCUT2D eigenvalue weighted by atomic mass is 9.93. The molecule has 33 heavy (non-hydrogen) atoms. The van der Waals surface area contributed by atoms with Gasteiger partial charge in [0.15, 0.2) is 0 Å². The highest BCUT2D eigenvalue weighted by Gasteiger charge is 2.31. The van der Waals surface area contributed by atoms with Gasteiger partial charge >= 0.3 is 6.61 Å². The fraction of sp³-hybridized carbons (Fsp3) is 0.304. The second-order valence-corrected chi connectivity index (χ2v) is 8.26. The van der Waals surface area contributed by atoms with Crippen molar-refractivity contribution >= 4 is 34.4 Å². The number of carbonyl (C=O) groups excluding carboxylic acids is 2. The molecule has 1 fully saturated rings. The Morgan fingerprint density at radius 1 is 1.21 bits per heavy atom. The molecule has 172 valence electrons. The number of alkyl halides is 2. The van der Waals surface area contributed by atoms with Crippen LogP contribution in [0.4, 0.5) is 8.78 Å². The zero-order chi connectivity index (χ0) is 23.5. The van der Waals surface area contributed by atoms with Crippen molar-refractivity contribution in [2.24, 2.45) is 5.92 Å². The Kier molecular flexibility index (Phi) is 6.69. The van der Waals surface area contributed by atoms with E-state index in [9.17, 15) is 18.4 Å². The molecule has 2 aromatic carbocycles. The second kappa shape index (κ2) is 9.66. The number of aromatic nitrogens is 2. The zero-order valence-corrected chi connectivity index (χ0v) is 18.4. The molecular formula is C23H21ClF2N4O3. The molecule has 2 heterocycles. The number of fused-ring (bicyclic) bond motifs is 1. The molecule has 0 saturated carbocycles. The number of halogens is 3. The number of rotatable bonds is 5. The Hall–Kier alpha value is -3.33. The Labute approximate surface area is 193 Å². The number of para-hydroxylation sites is 1. The van der Waals surface area contributed by atoms with Crippen molar-refractivity contribution in [3.05, 3.63) is 64.9 Å². The second-order valence-electron chi connectivity index (χ2n) is 7.85. The minimum atomic E-state index is -3.03. The number of nitrogens with zero attached hydrogens (tertiary/aromatic N) is 3. The van der Waals surface area contributed by atoms with E-state index in [4.69, 9.17) is 11.6 Å². The molecule has 1 saturated heterocycles. The average molecular weight is 475 g/mol. The third kappa shape index (κ3) is 5.03. The number of nitrogens with one attached hydrogen (secondary N) is 1. The van der Waals surface area contributed by atoms with Crippen LogP contribution in [0.1, 0.15) is 34.1 Å². The summed E-state index contributed by atoms with van der Waals surface area (Å²) in [6, 6.07) is 8.87. The molecule has 0 radical (unpaired) electrons. The molecule has 7 nitrogen and oxygen atoms in total. The van der Waals surface area contributed by atoms with Gasteiger partial charge in [0.25, 0.3) is 11.8 Å². The molecule has 3 aromatic rings. The smallest absolute Gasteiger partial charge is 0.387 e. The summed E-state index contributed by atoms with van der Waals surface area (Å²) in [5.41, 5.74) is 1.52. The number of piperidine rings is 1. The summed E-state index contributed by atoms with van der Waals surface area (Å²) < 4.78 is 29.7. The standard InChI is InChI=1S/C23H21ClF2N4O3/c1-13-12-30(22(32)14-10-16(24)20-18(11-14)27-7-8-28-20)9-6-17(13)29-21(31)15-4-2-3-5-19(15)33-23(25)26/h2-5,7-8,10-11,13,17,23H,6,9,12H2,1H3,(H,29,31)/t13-,17+/m0/s1. The van der Waals surface area contributed by atoms with Gasteiger partial charge in [-0.15, -0.1) is 0 Å². The van der Waals surface area contributed by atoms with Gasteiger partial charge in [-0.1, -0.05) is 30.7 Å². The summed E-state index contributed by atoms with van der Waals surface area (Å²) >= 11 is 6.28. The van der Waals surface area contributed by atoms with Gasteiger partial charge < -0.3 is 15.0 Å². The van der Waals surface area contributed by atoms with Gasteiger partial charge in [0.1, 0.15) is 11.3 Å². The van der Waals surface area contributed by atoms with E-state index in [0.29, 0.717) is 41.1 Å². The maximum absolute atomic E-state index is 13.1. The van der Waals surface area contributed by atoms with E-state index in [-0.39, 0.29) is 29.2 Å². The number of carbonyl (C=O) groups is 2. The predicted molar refractivity (Wildman–Crippen MR) is 119 cm³/mol. The van der Waals surface area contributed by atoms with Crippen LogP contribution in [0, 0.1) is 5.92 Å². The molecule has 0 spiro atoms. The molecule has 10 heteroatoms. The molecule has 1 aromatic heterocycles. The van der Waals surface area contributed by atoms with Crippen LogP contribution in [-0.2, 0) is 0 Å². The summed E-state index contributed by atoms with van der Waals surface area (Å²) in [4.78, 5) is 35.9.